The zero-order chi connectivity index (χ0) is 10.6. The summed E-state index contributed by atoms with van der Waals surface area (Å²) in [5.41, 5.74) is 0.381. The lowest BCUT2D eigenvalue weighted by molar-refractivity contribution is -0.108. The van der Waals surface area contributed by atoms with E-state index in [2.05, 4.69) is 0 Å². The Morgan fingerprint density at radius 2 is 2.29 bits per heavy atom. The number of benzene rings is 1. The van der Waals surface area contributed by atoms with Gasteiger partial charge in [0.2, 0.25) is 0 Å². The molecule has 1 unspecified atom stereocenters. The Balaban J connectivity index is 3.06. The Kier molecular flexibility index (Phi) is 3.63. The van der Waals surface area contributed by atoms with Crippen molar-refractivity contribution in [1.82, 2.24) is 0 Å². The first kappa shape index (κ1) is 10.7. The van der Waals surface area contributed by atoms with Gasteiger partial charge in [-0.2, -0.15) is 0 Å². The lowest BCUT2D eigenvalue weighted by Crippen LogP contribution is -2.02. The average molecular weight is 196 g/mol. The van der Waals surface area contributed by atoms with Gasteiger partial charge in [-0.15, -0.1) is 0 Å². The summed E-state index contributed by atoms with van der Waals surface area (Å²) in [4.78, 5) is 10.5. The highest BCUT2D eigenvalue weighted by molar-refractivity contribution is 5.62. The number of halogens is 1. The Morgan fingerprint density at radius 1 is 1.57 bits per heavy atom. The summed E-state index contributed by atoms with van der Waals surface area (Å²) in [7, 11) is 0. The van der Waals surface area contributed by atoms with Crippen LogP contribution in [-0.4, -0.2) is 12.9 Å². The van der Waals surface area contributed by atoms with Crippen molar-refractivity contribution < 1.29 is 13.9 Å². The molecule has 3 heteroatoms. The van der Waals surface area contributed by atoms with Crippen molar-refractivity contribution in [3.63, 3.8) is 0 Å². The summed E-state index contributed by atoms with van der Waals surface area (Å²) in [5.74, 6) is -0.664. The van der Waals surface area contributed by atoms with Crippen molar-refractivity contribution in [2.24, 2.45) is 0 Å². The molecular formula is C11H13FO2. The predicted octanol–water partition coefficient (Wildman–Crippen LogP) is 2.53. The van der Waals surface area contributed by atoms with Crippen molar-refractivity contribution in [2.75, 3.05) is 6.61 Å². The van der Waals surface area contributed by atoms with Crippen molar-refractivity contribution >= 4 is 6.29 Å². The minimum atomic E-state index is -0.436. The molecule has 1 atom stereocenters. The topological polar surface area (TPSA) is 26.3 Å². The van der Waals surface area contributed by atoms with Crippen LogP contribution in [0.25, 0.3) is 0 Å². The lowest BCUT2D eigenvalue weighted by Gasteiger charge is -2.10. The van der Waals surface area contributed by atoms with Crippen LogP contribution in [-0.2, 0) is 4.79 Å². The molecule has 0 saturated heterocycles. The van der Waals surface area contributed by atoms with E-state index in [0.717, 1.165) is 0 Å². The van der Waals surface area contributed by atoms with E-state index < -0.39 is 11.7 Å². The first-order valence-electron chi connectivity index (χ1n) is 4.57. The van der Waals surface area contributed by atoms with Gasteiger partial charge in [0.25, 0.3) is 0 Å². The number of carbonyl (C=O) groups is 1. The number of aldehydes is 1. The van der Waals surface area contributed by atoms with Crippen LogP contribution >= 0.6 is 0 Å². The fraction of sp³-hybridized carbons (Fsp3) is 0.364. The van der Waals surface area contributed by atoms with Crippen LogP contribution < -0.4 is 4.74 Å². The highest BCUT2D eigenvalue weighted by Gasteiger charge is 2.13. The van der Waals surface area contributed by atoms with E-state index in [1.807, 2.05) is 0 Å². The second-order valence-electron chi connectivity index (χ2n) is 3.02. The summed E-state index contributed by atoms with van der Waals surface area (Å²) in [6.45, 7) is 3.85. The standard InChI is InChI=1S/C11H13FO2/c1-3-14-10-6-4-5-9(11(10)12)8(2)7-13/h4-8H,3H2,1-2H3. The van der Waals surface area contributed by atoms with Gasteiger partial charge in [0.15, 0.2) is 11.6 Å². The number of hydrogen-bond acceptors (Lipinski definition) is 2. The molecule has 1 rings (SSSR count). The maximum atomic E-state index is 13.6. The van der Waals surface area contributed by atoms with Crippen LogP contribution in [0.3, 0.4) is 0 Å². The third-order valence-corrected chi connectivity index (χ3v) is 1.99. The maximum Gasteiger partial charge on any atom is 0.168 e. The van der Waals surface area contributed by atoms with E-state index in [-0.39, 0.29) is 5.75 Å². The van der Waals surface area contributed by atoms with E-state index in [9.17, 15) is 9.18 Å². The maximum absolute atomic E-state index is 13.6. The largest absolute Gasteiger partial charge is 0.491 e. The molecule has 2 nitrogen and oxygen atoms in total. The Bertz CT molecular complexity index is 323. The normalized spacial score (nSPS) is 12.2. The fourth-order valence-corrected chi connectivity index (χ4v) is 1.22. The van der Waals surface area contributed by atoms with Gasteiger partial charge in [-0.1, -0.05) is 19.1 Å². The third-order valence-electron chi connectivity index (χ3n) is 1.99. The Morgan fingerprint density at radius 3 is 2.86 bits per heavy atom. The number of hydrogen-bond donors (Lipinski definition) is 0. The molecule has 0 amide bonds. The molecule has 1 aromatic rings. The third kappa shape index (κ3) is 2.10. The molecule has 0 heterocycles. The molecule has 0 bridgehead atoms. The molecule has 1 aromatic carbocycles. The van der Waals surface area contributed by atoms with Crippen molar-refractivity contribution in [3.05, 3.63) is 29.6 Å². The zero-order valence-corrected chi connectivity index (χ0v) is 8.29. The molecule has 0 radical (unpaired) electrons. The highest BCUT2D eigenvalue weighted by atomic mass is 19.1. The second-order valence-corrected chi connectivity index (χ2v) is 3.02. The van der Waals surface area contributed by atoms with Crippen molar-refractivity contribution in [3.8, 4) is 5.75 Å². The van der Waals surface area contributed by atoms with Gasteiger partial charge in [0.1, 0.15) is 6.29 Å². The van der Waals surface area contributed by atoms with Crippen LogP contribution in [0.5, 0.6) is 5.75 Å². The Hall–Kier alpha value is -1.38. The molecule has 0 aliphatic rings. The van der Waals surface area contributed by atoms with E-state index in [1.54, 1.807) is 32.0 Å². The van der Waals surface area contributed by atoms with Crippen LogP contribution in [0.1, 0.15) is 25.3 Å². The zero-order valence-electron chi connectivity index (χ0n) is 8.29. The molecule has 0 aromatic heterocycles. The van der Waals surface area contributed by atoms with Crippen molar-refractivity contribution in [2.45, 2.75) is 19.8 Å². The Labute approximate surface area is 82.7 Å². The smallest absolute Gasteiger partial charge is 0.168 e. The number of carbonyl (C=O) groups excluding carboxylic acids is 1. The average Bonchev–Trinajstić information content (AvgIpc) is 2.20. The van der Waals surface area contributed by atoms with Gasteiger partial charge in [-0.3, -0.25) is 0 Å². The molecule has 76 valence electrons. The van der Waals surface area contributed by atoms with Crippen LogP contribution in [0.4, 0.5) is 4.39 Å². The fourth-order valence-electron chi connectivity index (χ4n) is 1.22. The van der Waals surface area contributed by atoms with Gasteiger partial charge in [-0.05, 0) is 13.0 Å². The molecular weight excluding hydrogens is 183 g/mol. The summed E-state index contributed by atoms with van der Waals surface area (Å²) in [5, 5.41) is 0. The molecule has 0 fully saturated rings. The van der Waals surface area contributed by atoms with Crippen LogP contribution in [0.2, 0.25) is 0 Å². The molecule has 0 aliphatic heterocycles. The van der Waals surface area contributed by atoms with Crippen LogP contribution in [0, 0.1) is 5.82 Å². The molecule has 14 heavy (non-hydrogen) atoms. The van der Waals surface area contributed by atoms with E-state index in [0.29, 0.717) is 18.5 Å². The monoisotopic (exact) mass is 196 g/mol. The molecule has 0 saturated carbocycles. The summed E-state index contributed by atoms with van der Waals surface area (Å²) in [6, 6.07) is 4.83. The summed E-state index contributed by atoms with van der Waals surface area (Å²) >= 11 is 0. The quantitative estimate of drug-likeness (QED) is 0.692. The van der Waals surface area contributed by atoms with E-state index >= 15 is 0 Å². The van der Waals surface area contributed by atoms with E-state index in [1.165, 1.54) is 0 Å². The SMILES string of the molecule is CCOc1cccc(C(C)C=O)c1F. The van der Waals surface area contributed by atoms with Gasteiger partial charge in [0, 0.05) is 11.5 Å². The van der Waals surface area contributed by atoms with Gasteiger partial charge < -0.3 is 9.53 Å². The first-order valence-corrected chi connectivity index (χ1v) is 4.57. The van der Waals surface area contributed by atoms with Gasteiger partial charge in [-0.25, -0.2) is 4.39 Å². The minimum Gasteiger partial charge on any atom is -0.491 e. The van der Waals surface area contributed by atoms with E-state index in [4.69, 9.17) is 4.74 Å². The molecule has 0 spiro atoms. The number of rotatable bonds is 4. The minimum absolute atomic E-state index is 0.207. The lowest BCUT2D eigenvalue weighted by atomic mass is 10.0. The second kappa shape index (κ2) is 4.74. The molecule has 0 N–H and O–H groups in total. The number of ether oxygens (including phenoxy) is 1. The van der Waals surface area contributed by atoms with Gasteiger partial charge in [0.05, 0.1) is 6.61 Å². The molecule has 0 aliphatic carbocycles. The predicted molar refractivity (Wildman–Crippen MR) is 52.0 cm³/mol. The van der Waals surface area contributed by atoms with Gasteiger partial charge >= 0.3 is 0 Å². The van der Waals surface area contributed by atoms with Crippen LogP contribution in [0.15, 0.2) is 18.2 Å². The summed E-state index contributed by atoms with van der Waals surface area (Å²) < 4.78 is 18.7. The van der Waals surface area contributed by atoms with Crippen molar-refractivity contribution in [1.29, 1.82) is 0 Å². The first-order chi connectivity index (χ1) is 6.70. The highest BCUT2D eigenvalue weighted by Crippen LogP contribution is 2.25. The summed E-state index contributed by atoms with van der Waals surface area (Å²) in [6.07, 6.45) is 0.716.